The van der Waals surface area contributed by atoms with E-state index in [9.17, 15) is 0 Å². The van der Waals surface area contributed by atoms with E-state index in [0.29, 0.717) is 29.6 Å². The number of aromatic nitrogens is 2. The molecule has 0 aliphatic rings. The molecule has 0 spiro atoms. The van der Waals surface area contributed by atoms with Crippen molar-refractivity contribution in [1.82, 2.24) is 10.1 Å². The molecule has 0 saturated heterocycles. The van der Waals surface area contributed by atoms with Gasteiger partial charge in [-0.05, 0) is 24.6 Å². The zero-order valence-electron chi connectivity index (χ0n) is 11.6. The van der Waals surface area contributed by atoms with Crippen LogP contribution in [0.2, 0.25) is 0 Å². The highest BCUT2D eigenvalue weighted by Crippen LogP contribution is 2.28. The molecule has 0 aliphatic heterocycles. The van der Waals surface area contributed by atoms with Gasteiger partial charge in [-0.25, -0.2) is 0 Å². The second-order valence-corrected chi connectivity index (χ2v) is 4.20. The quantitative estimate of drug-likeness (QED) is 0.910. The van der Waals surface area contributed by atoms with Crippen LogP contribution in [0.4, 0.5) is 0 Å². The molecule has 0 fully saturated rings. The molecule has 7 heteroatoms. The highest BCUT2D eigenvalue weighted by molar-refractivity contribution is 5.85. The minimum absolute atomic E-state index is 0. The molecular weight excluding hydrogens is 282 g/mol. The highest BCUT2D eigenvalue weighted by Gasteiger charge is 2.12. The molecular formula is C13H18ClN3O3. The number of nitrogens with two attached hydrogens (primary N) is 1. The van der Waals surface area contributed by atoms with Crippen LogP contribution in [0.1, 0.15) is 30.2 Å². The summed E-state index contributed by atoms with van der Waals surface area (Å²) in [4.78, 5) is 4.23. The van der Waals surface area contributed by atoms with E-state index in [1.165, 1.54) is 0 Å². The zero-order chi connectivity index (χ0) is 13.8. The molecule has 2 aromatic rings. The predicted octanol–water partition coefficient (Wildman–Crippen LogP) is 2.12. The third-order valence-electron chi connectivity index (χ3n) is 2.68. The first kappa shape index (κ1) is 16.3. The van der Waals surface area contributed by atoms with Gasteiger partial charge < -0.3 is 19.7 Å². The summed E-state index contributed by atoms with van der Waals surface area (Å²) in [6, 6.07) is 5.41. The molecule has 2 rings (SSSR count). The molecule has 1 atom stereocenters. The van der Waals surface area contributed by atoms with E-state index < -0.39 is 0 Å². The van der Waals surface area contributed by atoms with Crippen LogP contribution in [0.5, 0.6) is 11.5 Å². The Hall–Kier alpha value is -1.79. The van der Waals surface area contributed by atoms with E-state index in [4.69, 9.17) is 19.7 Å². The van der Waals surface area contributed by atoms with Gasteiger partial charge in [0.15, 0.2) is 17.3 Å². The Kier molecular flexibility index (Phi) is 5.79. The van der Waals surface area contributed by atoms with Crippen LogP contribution in [0.25, 0.3) is 0 Å². The first-order valence-electron chi connectivity index (χ1n) is 5.93. The van der Waals surface area contributed by atoms with Crippen molar-refractivity contribution in [2.24, 2.45) is 5.73 Å². The number of ether oxygens (including phenoxy) is 2. The third kappa shape index (κ3) is 3.61. The van der Waals surface area contributed by atoms with Gasteiger partial charge >= 0.3 is 0 Å². The number of methoxy groups -OCH3 is 2. The molecule has 0 amide bonds. The van der Waals surface area contributed by atoms with Gasteiger partial charge in [0.2, 0.25) is 5.89 Å². The van der Waals surface area contributed by atoms with Crippen molar-refractivity contribution < 1.29 is 14.0 Å². The topological polar surface area (TPSA) is 83.4 Å². The normalized spacial score (nSPS) is 11.6. The van der Waals surface area contributed by atoms with E-state index in [0.717, 1.165) is 5.56 Å². The van der Waals surface area contributed by atoms with Gasteiger partial charge in [-0.1, -0.05) is 11.2 Å². The largest absolute Gasteiger partial charge is 0.493 e. The lowest BCUT2D eigenvalue weighted by molar-refractivity contribution is 0.354. The fourth-order valence-corrected chi connectivity index (χ4v) is 1.70. The smallest absolute Gasteiger partial charge is 0.243 e. The van der Waals surface area contributed by atoms with E-state index in [1.54, 1.807) is 21.1 Å². The van der Waals surface area contributed by atoms with Gasteiger partial charge in [0, 0.05) is 6.42 Å². The molecule has 0 saturated carbocycles. The molecule has 0 bridgehead atoms. The van der Waals surface area contributed by atoms with Crippen LogP contribution in [-0.2, 0) is 6.42 Å². The molecule has 0 unspecified atom stereocenters. The lowest BCUT2D eigenvalue weighted by Crippen LogP contribution is -2.05. The van der Waals surface area contributed by atoms with E-state index in [-0.39, 0.29) is 18.4 Å². The SMILES string of the molecule is COc1ccc(Cc2noc([C@@H](C)N)n2)cc1OC.Cl. The average molecular weight is 300 g/mol. The number of benzene rings is 1. The van der Waals surface area contributed by atoms with Crippen LogP contribution in [0.3, 0.4) is 0 Å². The molecule has 110 valence electrons. The third-order valence-corrected chi connectivity index (χ3v) is 2.68. The fourth-order valence-electron chi connectivity index (χ4n) is 1.70. The molecule has 1 heterocycles. The average Bonchev–Trinajstić information content (AvgIpc) is 2.87. The fraction of sp³-hybridized carbons (Fsp3) is 0.385. The summed E-state index contributed by atoms with van der Waals surface area (Å²) in [5.41, 5.74) is 6.68. The van der Waals surface area contributed by atoms with Gasteiger partial charge in [-0.3, -0.25) is 0 Å². The van der Waals surface area contributed by atoms with Crippen LogP contribution in [0.15, 0.2) is 22.7 Å². The molecule has 6 nitrogen and oxygen atoms in total. The summed E-state index contributed by atoms with van der Waals surface area (Å²) < 4.78 is 15.5. The van der Waals surface area contributed by atoms with Crippen LogP contribution in [-0.4, -0.2) is 24.4 Å². The zero-order valence-corrected chi connectivity index (χ0v) is 12.4. The van der Waals surface area contributed by atoms with E-state index >= 15 is 0 Å². The summed E-state index contributed by atoms with van der Waals surface area (Å²) in [5.74, 6) is 2.40. The van der Waals surface area contributed by atoms with Crippen molar-refractivity contribution in [1.29, 1.82) is 0 Å². The first-order valence-corrected chi connectivity index (χ1v) is 5.93. The molecule has 0 aliphatic carbocycles. The Balaban J connectivity index is 0.00000200. The summed E-state index contributed by atoms with van der Waals surface area (Å²) in [6.45, 7) is 1.80. The summed E-state index contributed by atoms with van der Waals surface area (Å²) in [7, 11) is 3.20. The molecule has 1 aromatic heterocycles. The summed E-state index contributed by atoms with van der Waals surface area (Å²) >= 11 is 0. The van der Waals surface area contributed by atoms with Crippen molar-refractivity contribution >= 4 is 12.4 Å². The molecule has 2 N–H and O–H groups in total. The maximum absolute atomic E-state index is 5.67. The van der Waals surface area contributed by atoms with Crippen molar-refractivity contribution in [3.05, 3.63) is 35.5 Å². The monoisotopic (exact) mass is 299 g/mol. The lowest BCUT2D eigenvalue weighted by atomic mass is 10.1. The number of hydrogen-bond acceptors (Lipinski definition) is 6. The van der Waals surface area contributed by atoms with Crippen molar-refractivity contribution in [3.8, 4) is 11.5 Å². The number of hydrogen-bond donors (Lipinski definition) is 1. The summed E-state index contributed by atoms with van der Waals surface area (Å²) in [5, 5.41) is 3.89. The Morgan fingerprint density at radius 1 is 1.25 bits per heavy atom. The molecule has 0 radical (unpaired) electrons. The Morgan fingerprint density at radius 2 is 1.95 bits per heavy atom. The maximum Gasteiger partial charge on any atom is 0.243 e. The van der Waals surface area contributed by atoms with Gasteiger partial charge in [-0.2, -0.15) is 4.98 Å². The number of nitrogens with zero attached hydrogens (tertiary/aromatic N) is 2. The maximum atomic E-state index is 5.67. The van der Waals surface area contributed by atoms with E-state index in [1.807, 2.05) is 18.2 Å². The number of halogens is 1. The van der Waals surface area contributed by atoms with Crippen LogP contribution >= 0.6 is 12.4 Å². The second-order valence-electron chi connectivity index (χ2n) is 4.20. The van der Waals surface area contributed by atoms with Gasteiger partial charge in [0.1, 0.15) is 0 Å². The van der Waals surface area contributed by atoms with E-state index in [2.05, 4.69) is 10.1 Å². The van der Waals surface area contributed by atoms with Crippen molar-refractivity contribution in [2.75, 3.05) is 14.2 Å². The highest BCUT2D eigenvalue weighted by atomic mass is 35.5. The second kappa shape index (κ2) is 7.12. The number of rotatable bonds is 5. The Bertz CT molecular complexity index is 558. The Labute approximate surface area is 123 Å². The first-order chi connectivity index (χ1) is 9.13. The van der Waals surface area contributed by atoms with Crippen LogP contribution < -0.4 is 15.2 Å². The minimum atomic E-state index is -0.258. The molecule has 1 aromatic carbocycles. The van der Waals surface area contributed by atoms with Gasteiger partial charge in [0.25, 0.3) is 0 Å². The summed E-state index contributed by atoms with van der Waals surface area (Å²) in [6.07, 6.45) is 0.552. The van der Waals surface area contributed by atoms with Gasteiger partial charge in [-0.15, -0.1) is 12.4 Å². The van der Waals surface area contributed by atoms with Gasteiger partial charge in [0.05, 0.1) is 20.3 Å². The van der Waals surface area contributed by atoms with Crippen molar-refractivity contribution in [3.63, 3.8) is 0 Å². The minimum Gasteiger partial charge on any atom is -0.493 e. The molecule has 20 heavy (non-hydrogen) atoms. The Morgan fingerprint density at radius 3 is 2.50 bits per heavy atom. The standard InChI is InChI=1S/C13H17N3O3.ClH/c1-8(14)13-15-12(16-19-13)7-9-4-5-10(17-2)11(6-9)18-3;/h4-6,8H,7,14H2,1-3H3;1H/t8-;/m1./s1. The van der Waals surface area contributed by atoms with Crippen molar-refractivity contribution in [2.45, 2.75) is 19.4 Å². The predicted molar refractivity (Wildman–Crippen MR) is 76.5 cm³/mol. The van der Waals surface area contributed by atoms with Crippen LogP contribution in [0, 0.1) is 0 Å². The lowest BCUT2D eigenvalue weighted by Gasteiger charge is -2.08.